The van der Waals surface area contributed by atoms with E-state index in [-0.39, 0.29) is 11.9 Å². The van der Waals surface area contributed by atoms with Crippen LogP contribution in [-0.4, -0.2) is 36.7 Å². The standard InChI is InChI=1S/C27H34N4O/c1-18-10-11-21(30(3)22-15-28-16-22)14-25(18)27(32)29-19(2)23-8-5-9-26-24(23)12-13-31(26)17-20-6-4-7-20/h5,8-14,19-20,22,28H,4,6-7,15-17H2,1-3H3,(H,29,32). The molecule has 2 N–H and O–H groups in total. The van der Waals surface area contributed by atoms with Crippen molar-refractivity contribution < 1.29 is 4.79 Å². The van der Waals surface area contributed by atoms with Crippen LogP contribution in [0.4, 0.5) is 5.69 Å². The molecule has 2 aliphatic rings. The largest absolute Gasteiger partial charge is 0.369 e. The average molecular weight is 431 g/mol. The van der Waals surface area contributed by atoms with Gasteiger partial charge in [-0.2, -0.15) is 0 Å². The summed E-state index contributed by atoms with van der Waals surface area (Å²) >= 11 is 0. The van der Waals surface area contributed by atoms with Crippen molar-refractivity contribution in [3.05, 3.63) is 65.4 Å². The quantitative estimate of drug-likeness (QED) is 0.574. The predicted octanol–water partition coefficient (Wildman–Crippen LogP) is 4.65. The van der Waals surface area contributed by atoms with Gasteiger partial charge in [0.2, 0.25) is 0 Å². The minimum Gasteiger partial charge on any atom is -0.369 e. The molecular weight excluding hydrogens is 396 g/mol. The number of hydrogen-bond donors (Lipinski definition) is 2. The summed E-state index contributed by atoms with van der Waals surface area (Å²) in [4.78, 5) is 15.5. The molecule has 2 fully saturated rings. The second kappa shape index (κ2) is 8.62. The fraction of sp³-hybridized carbons (Fsp3) is 0.444. The van der Waals surface area contributed by atoms with Crippen molar-refractivity contribution in [2.75, 3.05) is 25.0 Å². The Labute approximate surface area is 190 Å². The van der Waals surface area contributed by atoms with Gasteiger partial charge in [-0.25, -0.2) is 0 Å². The Balaban J connectivity index is 1.35. The highest BCUT2D eigenvalue weighted by molar-refractivity contribution is 5.97. The molecule has 0 bridgehead atoms. The lowest BCUT2D eigenvalue weighted by molar-refractivity contribution is 0.0939. The molecule has 1 saturated heterocycles. The molecule has 0 spiro atoms. The Kier molecular flexibility index (Phi) is 5.68. The van der Waals surface area contributed by atoms with Gasteiger partial charge < -0.3 is 20.1 Å². The van der Waals surface area contributed by atoms with Gasteiger partial charge in [-0.15, -0.1) is 0 Å². The van der Waals surface area contributed by atoms with Gasteiger partial charge in [0.15, 0.2) is 0 Å². The van der Waals surface area contributed by atoms with Gasteiger partial charge in [0.05, 0.1) is 12.1 Å². The number of carbonyl (C=O) groups is 1. The topological polar surface area (TPSA) is 49.3 Å². The number of aromatic nitrogens is 1. The molecule has 1 unspecified atom stereocenters. The maximum absolute atomic E-state index is 13.3. The second-order valence-corrected chi connectivity index (χ2v) is 9.66. The number of amides is 1. The summed E-state index contributed by atoms with van der Waals surface area (Å²) in [6, 6.07) is 15.3. The van der Waals surface area contributed by atoms with Gasteiger partial charge in [0.1, 0.15) is 0 Å². The van der Waals surface area contributed by atoms with Crippen LogP contribution in [0.3, 0.4) is 0 Å². The van der Waals surface area contributed by atoms with Gasteiger partial charge in [-0.1, -0.05) is 24.6 Å². The highest BCUT2D eigenvalue weighted by atomic mass is 16.1. The fourth-order valence-electron chi connectivity index (χ4n) is 4.92. The molecule has 2 heterocycles. The Hall–Kier alpha value is -2.79. The molecule has 1 aromatic heterocycles. The van der Waals surface area contributed by atoms with Crippen molar-refractivity contribution in [2.24, 2.45) is 5.92 Å². The summed E-state index contributed by atoms with van der Waals surface area (Å²) in [6.07, 6.45) is 6.26. The van der Waals surface area contributed by atoms with Crippen LogP contribution in [0.15, 0.2) is 48.7 Å². The van der Waals surface area contributed by atoms with Crippen LogP contribution in [0.25, 0.3) is 10.9 Å². The lowest BCUT2D eigenvalue weighted by Crippen LogP contribution is -2.56. The van der Waals surface area contributed by atoms with E-state index < -0.39 is 0 Å². The molecule has 1 amide bonds. The van der Waals surface area contributed by atoms with E-state index in [4.69, 9.17) is 0 Å². The van der Waals surface area contributed by atoms with Gasteiger partial charge in [-0.05, 0) is 68.0 Å². The normalized spacial score (nSPS) is 17.6. The molecule has 5 nitrogen and oxygen atoms in total. The first-order valence-electron chi connectivity index (χ1n) is 11.9. The van der Waals surface area contributed by atoms with Crippen molar-refractivity contribution in [1.82, 2.24) is 15.2 Å². The van der Waals surface area contributed by atoms with E-state index in [1.54, 1.807) is 0 Å². The first-order valence-corrected chi connectivity index (χ1v) is 11.9. The van der Waals surface area contributed by atoms with Crippen LogP contribution in [-0.2, 0) is 6.54 Å². The lowest BCUT2D eigenvalue weighted by atomic mass is 9.85. The summed E-state index contributed by atoms with van der Waals surface area (Å²) < 4.78 is 2.38. The van der Waals surface area contributed by atoms with Crippen molar-refractivity contribution in [1.29, 1.82) is 0 Å². The Morgan fingerprint density at radius 3 is 2.72 bits per heavy atom. The van der Waals surface area contributed by atoms with Crippen LogP contribution in [0.1, 0.15) is 53.7 Å². The van der Waals surface area contributed by atoms with Crippen molar-refractivity contribution >= 4 is 22.5 Å². The van der Waals surface area contributed by atoms with Crippen LogP contribution < -0.4 is 15.5 Å². The van der Waals surface area contributed by atoms with E-state index in [0.29, 0.717) is 6.04 Å². The van der Waals surface area contributed by atoms with Crippen LogP contribution in [0.5, 0.6) is 0 Å². The molecular formula is C27H34N4O. The first kappa shape index (κ1) is 21.1. The van der Waals surface area contributed by atoms with E-state index in [1.807, 2.05) is 13.0 Å². The third-order valence-corrected chi connectivity index (χ3v) is 7.52. The number of aryl methyl sites for hydroxylation is 1. The van der Waals surface area contributed by atoms with E-state index in [0.717, 1.165) is 42.4 Å². The van der Waals surface area contributed by atoms with Crippen molar-refractivity contribution in [3.63, 3.8) is 0 Å². The molecule has 5 heteroatoms. The fourth-order valence-corrected chi connectivity index (χ4v) is 4.92. The number of benzene rings is 2. The summed E-state index contributed by atoms with van der Waals surface area (Å²) in [5.41, 5.74) is 5.29. The van der Waals surface area contributed by atoms with Crippen molar-refractivity contribution in [2.45, 2.75) is 51.7 Å². The molecule has 1 saturated carbocycles. The van der Waals surface area contributed by atoms with E-state index in [9.17, 15) is 4.79 Å². The van der Waals surface area contributed by atoms with E-state index in [1.165, 1.54) is 35.7 Å². The summed E-state index contributed by atoms with van der Waals surface area (Å²) in [6.45, 7) is 7.18. The maximum atomic E-state index is 13.3. The summed E-state index contributed by atoms with van der Waals surface area (Å²) in [7, 11) is 2.11. The molecule has 1 atom stereocenters. The predicted molar refractivity (Wildman–Crippen MR) is 131 cm³/mol. The number of hydrogen-bond acceptors (Lipinski definition) is 3. The number of nitrogens with one attached hydrogen (secondary N) is 2. The molecule has 5 rings (SSSR count). The molecule has 1 aliphatic heterocycles. The highest BCUT2D eigenvalue weighted by Crippen LogP contribution is 2.31. The zero-order valence-electron chi connectivity index (χ0n) is 19.4. The number of carbonyl (C=O) groups excluding carboxylic acids is 1. The number of nitrogens with zero attached hydrogens (tertiary/aromatic N) is 2. The molecule has 3 aromatic rings. The average Bonchev–Trinajstić information content (AvgIpc) is 3.12. The first-order chi connectivity index (χ1) is 15.5. The summed E-state index contributed by atoms with van der Waals surface area (Å²) in [5, 5.41) is 7.82. The number of rotatable bonds is 7. The number of anilines is 1. The third-order valence-electron chi connectivity index (χ3n) is 7.52. The molecule has 1 aliphatic carbocycles. The van der Waals surface area contributed by atoms with Gasteiger partial charge in [-0.3, -0.25) is 4.79 Å². The smallest absolute Gasteiger partial charge is 0.252 e. The molecule has 0 radical (unpaired) electrons. The van der Waals surface area contributed by atoms with Crippen LogP contribution >= 0.6 is 0 Å². The van der Waals surface area contributed by atoms with E-state index in [2.05, 4.69) is 76.7 Å². The minimum atomic E-state index is -0.0672. The lowest BCUT2D eigenvalue weighted by Gasteiger charge is -2.37. The van der Waals surface area contributed by atoms with Gasteiger partial charge in [0.25, 0.3) is 5.91 Å². The molecule has 2 aromatic carbocycles. The zero-order valence-corrected chi connectivity index (χ0v) is 19.4. The van der Waals surface area contributed by atoms with Gasteiger partial charge in [0, 0.05) is 55.0 Å². The third kappa shape index (κ3) is 3.90. The number of likely N-dealkylation sites (N-methyl/N-ethyl adjacent to an activating group) is 1. The monoisotopic (exact) mass is 430 g/mol. The molecule has 32 heavy (non-hydrogen) atoms. The van der Waals surface area contributed by atoms with Crippen molar-refractivity contribution in [3.8, 4) is 0 Å². The van der Waals surface area contributed by atoms with Crippen LogP contribution in [0, 0.1) is 12.8 Å². The number of fused-ring (bicyclic) bond motifs is 1. The highest BCUT2D eigenvalue weighted by Gasteiger charge is 2.24. The Bertz CT molecular complexity index is 1130. The second-order valence-electron chi connectivity index (χ2n) is 9.66. The Morgan fingerprint density at radius 2 is 2.03 bits per heavy atom. The summed E-state index contributed by atoms with van der Waals surface area (Å²) in [5.74, 6) is 0.804. The molecule has 168 valence electrons. The SMILES string of the molecule is Cc1ccc(N(C)C2CNC2)cc1C(=O)NC(C)c1cccc2c1ccn2CC1CCC1. The zero-order chi connectivity index (χ0) is 22.2. The minimum absolute atomic E-state index is 0.0112. The Morgan fingerprint density at radius 1 is 1.22 bits per heavy atom. The van der Waals surface area contributed by atoms with Gasteiger partial charge >= 0.3 is 0 Å². The maximum Gasteiger partial charge on any atom is 0.252 e. The van der Waals surface area contributed by atoms with Crippen LogP contribution in [0.2, 0.25) is 0 Å². The van der Waals surface area contributed by atoms with E-state index >= 15 is 0 Å².